The Kier molecular flexibility index (Phi) is 3.56. The van der Waals surface area contributed by atoms with Gasteiger partial charge >= 0.3 is 0 Å². The van der Waals surface area contributed by atoms with Crippen LogP contribution in [0.25, 0.3) is 0 Å². The Morgan fingerprint density at radius 1 is 1.45 bits per heavy atom. The van der Waals surface area contributed by atoms with E-state index >= 15 is 0 Å². The van der Waals surface area contributed by atoms with E-state index < -0.39 is 0 Å². The molecule has 0 spiro atoms. The highest BCUT2D eigenvalue weighted by Crippen LogP contribution is 2.35. The van der Waals surface area contributed by atoms with E-state index in [1.165, 1.54) is 0 Å². The van der Waals surface area contributed by atoms with Crippen molar-refractivity contribution in [3.63, 3.8) is 0 Å². The number of hydrogen-bond acceptors (Lipinski definition) is 5. The molecule has 1 N–H and O–H groups in total. The summed E-state index contributed by atoms with van der Waals surface area (Å²) in [6.45, 7) is 2.68. The van der Waals surface area contributed by atoms with Gasteiger partial charge in [0.25, 0.3) is 5.91 Å². The molecule has 3 rings (SSSR count). The smallest absolute Gasteiger partial charge is 0.255 e. The summed E-state index contributed by atoms with van der Waals surface area (Å²) in [4.78, 5) is 16.5. The zero-order valence-corrected chi connectivity index (χ0v) is 11.8. The number of hydrogen-bond donors (Lipinski definition) is 1. The number of aromatic nitrogens is 1. The van der Waals surface area contributed by atoms with E-state index in [9.17, 15) is 4.79 Å². The van der Waals surface area contributed by atoms with Crippen LogP contribution < -0.4 is 14.8 Å². The van der Waals surface area contributed by atoms with Crippen molar-refractivity contribution in [1.82, 2.24) is 10.3 Å². The highest BCUT2D eigenvalue weighted by Gasteiger charge is 2.21. The predicted molar refractivity (Wildman–Crippen MR) is 75.5 cm³/mol. The summed E-state index contributed by atoms with van der Waals surface area (Å²) >= 11 is 1.62. The fourth-order valence-corrected chi connectivity index (χ4v) is 2.68. The molecule has 1 aromatic carbocycles. The Labute approximate surface area is 120 Å². The van der Waals surface area contributed by atoms with E-state index in [0.29, 0.717) is 23.6 Å². The number of nitrogens with zero attached hydrogens (tertiary/aromatic N) is 1. The minimum Gasteiger partial charge on any atom is -0.454 e. The number of carbonyl (C=O) groups is 1. The number of carbonyl (C=O) groups excluding carboxylic acids is 1. The van der Waals surface area contributed by atoms with Crippen LogP contribution in [0.15, 0.2) is 23.6 Å². The number of aryl methyl sites for hydroxylation is 1. The van der Waals surface area contributed by atoms with Gasteiger partial charge in [0.15, 0.2) is 11.5 Å². The lowest BCUT2D eigenvalue weighted by Crippen LogP contribution is -2.26. The maximum Gasteiger partial charge on any atom is 0.255 e. The Balaban J connectivity index is 1.61. The molecule has 2 heterocycles. The summed E-state index contributed by atoms with van der Waals surface area (Å²) < 4.78 is 10.6. The minimum atomic E-state index is -0.153. The summed E-state index contributed by atoms with van der Waals surface area (Å²) in [5.41, 5.74) is 1.51. The Morgan fingerprint density at radius 3 is 3.15 bits per heavy atom. The second-order valence-electron chi connectivity index (χ2n) is 4.40. The van der Waals surface area contributed by atoms with Crippen LogP contribution in [0.1, 0.15) is 21.1 Å². The molecule has 0 saturated heterocycles. The van der Waals surface area contributed by atoms with Crippen molar-refractivity contribution in [1.29, 1.82) is 0 Å². The number of thiazole rings is 1. The first-order valence-electron chi connectivity index (χ1n) is 6.32. The minimum absolute atomic E-state index is 0.153. The van der Waals surface area contributed by atoms with Gasteiger partial charge in [0.05, 0.1) is 16.3 Å². The SMILES string of the molecule is Cc1nc(CCNC(=O)c2cccc3c2OCO3)cs1. The van der Waals surface area contributed by atoms with E-state index in [1.54, 1.807) is 29.5 Å². The molecule has 0 bridgehead atoms. The number of rotatable bonds is 4. The third-order valence-corrected chi connectivity index (χ3v) is 3.80. The van der Waals surface area contributed by atoms with E-state index in [0.717, 1.165) is 17.1 Å². The van der Waals surface area contributed by atoms with Crippen molar-refractivity contribution in [2.45, 2.75) is 13.3 Å². The molecule has 0 fully saturated rings. The summed E-state index contributed by atoms with van der Waals surface area (Å²) in [5, 5.41) is 5.93. The first-order chi connectivity index (χ1) is 9.74. The molecular formula is C14H14N2O3S. The summed E-state index contributed by atoms with van der Waals surface area (Å²) in [6.07, 6.45) is 0.725. The van der Waals surface area contributed by atoms with Crippen LogP contribution in [-0.4, -0.2) is 24.2 Å². The molecule has 1 aliphatic rings. The second kappa shape index (κ2) is 5.50. The van der Waals surface area contributed by atoms with E-state index in [1.807, 2.05) is 12.3 Å². The molecule has 0 unspecified atom stereocenters. The van der Waals surface area contributed by atoms with Gasteiger partial charge in [-0.25, -0.2) is 4.98 Å². The topological polar surface area (TPSA) is 60.5 Å². The standard InChI is InChI=1S/C14H14N2O3S/c1-9-16-10(7-20-9)5-6-15-14(17)11-3-2-4-12-13(11)19-8-18-12/h2-4,7H,5-6,8H2,1H3,(H,15,17). The molecule has 1 aromatic heterocycles. The van der Waals surface area contributed by atoms with Crippen molar-refractivity contribution in [2.24, 2.45) is 0 Å². The lowest BCUT2D eigenvalue weighted by atomic mass is 10.1. The molecule has 1 aliphatic heterocycles. The maximum atomic E-state index is 12.1. The maximum absolute atomic E-state index is 12.1. The van der Waals surface area contributed by atoms with Gasteiger partial charge in [-0.1, -0.05) is 6.07 Å². The van der Waals surface area contributed by atoms with Gasteiger partial charge in [0.1, 0.15) is 0 Å². The quantitative estimate of drug-likeness (QED) is 0.937. The monoisotopic (exact) mass is 290 g/mol. The van der Waals surface area contributed by atoms with Gasteiger partial charge in [0, 0.05) is 18.3 Å². The number of fused-ring (bicyclic) bond motifs is 1. The van der Waals surface area contributed by atoms with Gasteiger partial charge < -0.3 is 14.8 Å². The number of para-hydroxylation sites is 1. The van der Waals surface area contributed by atoms with E-state index in [4.69, 9.17) is 9.47 Å². The van der Waals surface area contributed by atoms with Gasteiger partial charge in [-0.3, -0.25) is 4.79 Å². The molecule has 0 aliphatic carbocycles. The van der Waals surface area contributed by atoms with Crippen LogP contribution in [0.2, 0.25) is 0 Å². The van der Waals surface area contributed by atoms with Crippen molar-refractivity contribution in [3.8, 4) is 11.5 Å². The average Bonchev–Trinajstić information content (AvgIpc) is 3.06. The van der Waals surface area contributed by atoms with Gasteiger partial charge in [-0.15, -0.1) is 11.3 Å². The first kappa shape index (κ1) is 12.9. The second-order valence-corrected chi connectivity index (χ2v) is 5.47. The Bertz CT molecular complexity index is 639. The average molecular weight is 290 g/mol. The lowest BCUT2D eigenvalue weighted by molar-refractivity contribution is 0.0949. The zero-order chi connectivity index (χ0) is 13.9. The van der Waals surface area contributed by atoms with Crippen LogP contribution in [0.4, 0.5) is 0 Å². The molecule has 0 radical (unpaired) electrons. The number of nitrogens with one attached hydrogen (secondary N) is 1. The van der Waals surface area contributed by atoms with Crippen LogP contribution in [-0.2, 0) is 6.42 Å². The van der Waals surface area contributed by atoms with E-state index in [-0.39, 0.29) is 12.7 Å². The molecule has 2 aromatic rings. The van der Waals surface area contributed by atoms with Gasteiger partial charge in [-0.05, 0) is 19.1 Å². The molecular weight excluding hydrogens is 276 g/mol. The predicted octanol–water partition coefficient (Wildman–Crippen LogP) is 2.15. The van der Waals surface area contributed by atoms with Crippen molar-refractivity contribution < 1.29 is 14.3 Å². The molecule has 1 amide bonds. The summed E-state index contributed by atoms with van der Waals surface area (Å²) in [5.74, 6) is 0.988. The van der Waals surface area contributed by atoms with Gasteiger partial charge in [0.2, 0.25) is 6.79 Å². The van der Waals surface area contributed by atoms with Crippen LogP contribution in [0.5, 0.6) is 11.5 Å². The Morgan fingerprint density at radius 2 is 2.35 bits per heavy atom. The first-order valence-corrected chi connectivity index (χ1v) is 7.20. The zero-order valence-electron chi connectivity index (χ0n) is 11.0. The molecule has 104 valence electrons. The van der Waals surface area contributed by atoms with Gasteiger partial charge in [-0.2, -0.15) is 0 Å². The molecule has 6 heteroatoms. The van der Waals surface area contributed by atoms with Crippen molar-refractivity contribution >= 4 is 17.2 Å². The third-order valence-electron chi connectivity index (χ3n) is 2.97. The summed E-state index contributed by atoms with van der Waals surface area (Å²) in [7, 11) is 0. The third kappa shape index (κ3) is 2.60. The van der Waals surface area contributed by atoms with E-state index in [2.05, 4.69) is 10.3 Å². The highest BCUT2D eigenvalue weighted by molar-refractivity contribution is 7.09. The van der Waals surface area contributed by atoms with Crippen molar-refractivity contribution in [3.05, 3.63) is 39.8 Å². The molecule has 0 saturated carbocycles. The number of benzene rings is 1. The van der Waals surface area contributed by atoms with Crippen LogP contribution in [0.3, 0.4) is 0 Å². The molecule has 5 nitrogen and oxygen atoms in total. The number of amides is 1. The normalized spacial score (nSPS) is 12.4. The largest absolute Gasteiger partial charge is 0.454 e. The van der Waals surface area contributed by atoms with Crippen LogP contribution in [0, 0.1) is 6.92 Å². The number of ether oxygens (including phenoxy) is 2. The summed E-state index contributed by atoms with van der Waals surface area (Å²) in [6, 6.07) is 5.30. The van der Waals surface area contributed by atoms with Crippen LogP contribution >= 0.6 is 11.3 Å². The Hall–Kier alpha value is -2.08. The molecule has 20 heavy (non-hydrogen) atoms. The highest BCUT2D eigenvalue weighted by atomic mass is 32.1. The van der Waals surface area contributed by atoms with Crippen molar-refractivity contribution in [2.75, 3.05) is 13.3 Å². The fourth-order valence-electron chi connectivity index (χ4n) is 2.03. The lowest BCUT2D eigenvalue weighted by Gasteiger charge is -2.06. The molecule has 0 atom stereocenters. The fraction of sp³-hybridized carbons (Fsp3) is 0.286.